The fourth-order valence-electron chi connectivity index (χ4n) is 4.53. The molecule has 0 unspecified atom stereocenters. The summed E-state index contributed by atoms with van der Waals surface area (Å²) >= 11 is 0. The van der Waals surface area contributed by atoms with Crippen LogP contribution < -0.4 is 15.5 Å². The number of carbonyl (C=O) groups excluding carboxylic acids is 2. The molecule has 0 aromatic heterocycles. The molecule has 0 saturated carbocycles. The van der Waals surface area contributed by atoms with Crippen molar-refractivity contribution in [1.29, 1.82) is 0 Å². The maximum Gasteiger partial charge on any atom is 0.251 e. The predicted octanol–water partition coefficient (Wildman–Crippen LogP) is 2.60. The van der Waals surface area contributed by atoms with Crippen molar-refractivity contribution in [1.82, 2.24) is 10.2 Å². The number of carbonyl (C=O) groups is 2. The summed E-state index contributed by atoms with van der Waals surface area (Å²) < 4.78 is 0. The molecular formula is C21H30N4O2. The van der Waals surface area contributed by atoms with Gasteiger partial charge < -0.3 is 20.4 Å². The molecule has 6 heteroatoms. The zero-order chi connectivity index (χ0) is 18.6. The van der Waals surface area contributed by atoms with Crippen molar-refractivity contribution in [3.8, 4) is 0 Å². The minimum Gasteiger partial charge on any atom is -0.358 e. The van der Waals surface area contributed by atoms with E-state index in [0.29, 0.717) is 12.1 Å². The van der Waals surface area contributed by atoms with Crippen LogP contribution in [-0.4, -0.2) is 55.5 Å². The van der Waals surface area contributed by atoms with Gasteiger partial charge in [0.15, 0.2) is 0 Å². The van der Waals surface area contributed by atoms with Crippen molar-refractivity contribution < 1.29 is 9.59 Å². The standard InChI is InChI=1S/C21H30N4O2/c26-20(22-10-6-13-24-11-3-1-4-12-24)16-8-9-18-17(15-16)23-21(27)19-7-2-5-14-25(18)19/h8-9,15,19H,1-7,10-14H2,(H,22,26)(H,23,27)/t19-/m0/s1. The van der Waals surface area contributed by atoms with Crippen LogP contribution in [0.1, 0.15) is 55.3 Å². The molecule has 1 aromatic carbocycles. The van der Waals surface area contributed by atoms with Crippen LogP contribution in [0.5, 0.6) is 0 Å². The summed E-state index contributed by atoms with van der Waals surface area (Å²) in [7, 11) is 0. The van der Waals surface area contributed by atoms with E-state index in [1.807, 2.05) is 18.2 Å². The first-order chi connectivity index (χ1) is 13.2. The normalized spacial score (nSPS) is 22.6. The van der Waals surface area contributed by atoms with E-state index >= 15 is 0 Å². The number of likely N-dealkylation sites (tertiary alicyclic amines) is 1. The van der Waals surface area contributed by atoms with Crippen LogP contribution in [-0.2, 0) is 4.79 Å². The Labute approximate surface area is 161 Å². The number of piperidine rings is 2. The van der Waals surface area contributed by atoms with Gasteiger partial charge in [-0.15, -0.1) is 0 Å². The number of hydrogen-bond donors (Lipinski definition) is 2. The van der Waals surface area contributed by atoms with Crippen LogP contribution in [0.15, 0.2) is 18.2 Å². The third-order valence-electron chi connectivity index (χ3n) is 6.02. The summed E-state index contributed by atoms with van der Waals surface area (Å²) in [6.07, 6.45) is 8.04. The molecule has 2 N–H and O–H groups in total. The van der Waals surface area contributed by atoms with Crippen molar-refractivity contribution >= 4 is 23.2 Å². The minimum atomic E-state index is -0.0635. The Balaban J connectivity index is 1.33. The van der Waals surface area contributed by atoms with Gasteiger partial charge in [-0.1, -0.05) is 6.42 Å². The quantitative estimate of drug-likeness (QED) is 0.782. The van der Waals surface area contributed by atoms with Crippen molar-refractivity contribution in [3.63, 3.8) is 0 Å². The van der Waals surface area contributed by atoms with E-state index in [0.717, 1.165) is 50.1 Å². The fourth-order valence-corrected chi connectivity index (χ4v) is 4.53. The maximum atomic E-state index is 12.5. The summed E-state index contributed by atoms with van der Waals surface area (Å²) in [4.78, 5) is 29.5. The lowest BCUT2D eigenvalue weighted by molar-refractivity contribution is -0.118. The molecule has 0 spiro atoms. The Morgan fingerprint density at radius 3 is 2.78 bits per heavy atom. The molecule has 146 valence electrons. The highest BCUT2D eigenvalue weighted by atomic mass is 16.2. The lowest BCUT2D eigenvalue weighted by Gasteiger charge is -2.41. The van der Waals surface area contributed by atoms with Gasteiger partial charge in [0.25, 0.3) is 5.91 Å². The Bertz CT molecular complexity index is 699. The topological polar surface area (TPSA) is 64.7 Å². The SMILES string of the molecule is O=C(NCCCN1CCCCC1)c1ccc2c(c1)NC(=O)[C@@H]1CCCCN21. The van der Waals surface area contributed by atoms with Crippen LogP contribution in [0.4, 0.5) is 11.4 Å². The van der Waals surface area contributed by atoms with E-state index in [4.69, 9.17) is 0 Å². The van der Waals surface area contributed by atoms with Gasteiger partial charge in [0, 0.05) is 18.7 Å². The zero-order valence-electron chi connectivity index (χ0n) is 16.0. The first-order valence-corrected chi connectivity index (χ1v) is 10.4. The van der Waals surface area contributed by atoms with Gasteiger partial charge in [-0.3, -0.25) is 9.59 Å². The molecule has 0 bridgehead atoms. The first-order valence-electron chi connectivity index (χ1n) is 10.4. The molecule has 6 nitrogen and oxygen atoms in total. The van der Waals surface area contributed by atoms with E-state index in [2.05, 4.69) is 20.4 Å². The summed E-state index contributed by atoms with van der Waals surface area (Å²) in [6, 6.07) is 5.62. The van der Waals surface area contributed by atoms with E-state index in [1.165, 1.54) is 32.4 Å². The Kier molecular flexibility index (Phi) is 5.62. The molecule has 3 heterocycles. The maximum absolute atomic E-state index is 12.5. The molecule has 3 aliphatic heterocycles. The van der Waals surface area contributed by atoms with E-state index in [-0.39, 0.29) is 17.9 Å². The summed E-state index contributed by atoms with van der Waals surface area (Å²) in [5, 5.41) is 6.02. The summed E-state index contributed by atoms with van der Waals surface area (Å²) in [5.41, 5.74) is 2.42. The molecule has 0 aliphatic carbocycles. The molecule has 4 rings (SSSR count). The molecule has 3 aliphatic rings. The van der Waals surface area contributed by atoms with Gasteiger partial charge in [0.05, 0.1) is 11.4 Å². The second-order valence-corrected chi connectivity index (χ2v) is 7.94. The highest BCUT2D eigenvalue weighted by Crippen LogP contribution is 2.36. The lowest BCUT2D eigenvalue weighted by Crippen LogP contribution is -2.50. The average Bonchev–Trinajstić information content (AvgIpc) is 2.71. The molecule has 0 radical (unpaired) electrons. The highest BCUT2D eigenvalue weighted by molar-refractivity contribution is 6.05. The van der Waals surface area contributed by atoms with Crippen molar-refractivity contribution in [3.05, 3.63) is 23.8 Å². The van der Waals surface area contributed by atoms with Gasteiger partial charge in [-0.2, -0.15) is 0 Å². The van der Waals surface area contributed by atoms with E-state index < -0.39 is 0 Å². The number of nitrogens with one attached hydrogen (secondary N) is 2. The number of anilines is 2. The second-order valence-electron chi connectivity index (χ2n) is 7.94. The fraction of sp³-hybridized carbons (Fsp3) is 0.619. The van der Waals surface area contributed by atoms with Crippen LogP contribution in [0.2, 0.25) is 0 Å². The summed E-state index contributed by atoms with van der Waals surface area (Å²) in [6.45, 7) is 5.03. The highest BCUT2D eigenvalue weighted by Gasteiger charge is 2.34. The molecular weight excluding hydrogens is 340 g/mol. The molecule has 2 amide bonds. The van der Waals surface area contributed by atoms with Crippen molar-refractivity contribution in [2.75, 3.05) is 42.9 Å². The molecule has 2 fully saturated rings. The van der Waals surface area contributed by atoms with Crippen molar-refractivity contribution in [2.45, 2.75) is 51.0 Å². The minimum absolute atomic E-state index is 0.0549. The van der Waals surface area contributed by atoms with Crippen LogP contribution in [0.3, 0.4) is 0 Å². The second kappa shape index (κ2) is 8.30. The molecule has 27 heavy (non-hydrogen) atoms. The molecule has 2 saturated heterocycles. The number of fused-ring (bicyclic) bond motifs is 3. The van der Waals surface area contributed by atoms with Crippen LogP contribution in [0, 0.1) is 0 Å². The van der Waals surface area contributed by atoms with Crippen molar-refractivity contribution in [2.24, 2.45) is 0 Å². The molecule has 1 atom stereocenters. The number of hydrogen-bond acceptors (Lipinski definition) is 4. The zero-order valence-corrected chi connectivity index (χ0v) is 16.0. The Morgan fingerprint density at radius 1 is 1.11 bits per heavy atom. The van der Waals surface area contributed by atoms with Gasteiger partial charge in [0.2, 0.25) is 5.91 Å². The Hall–Kier alpha value is -2.08. The van der Waals surface area contributed by atoms with E-state index in [1.54, 1.807) is 0 Å². The van der Waals surface area contributed by atoms with Gasteiger partial charge in [0.1, 0.15) is 6.04 Å². The smallest absolute Gasteiger partial charge is 0.251 e. The lowest BCUT2D eigenvalue weighted by atomic mass is 9.97. The Morgan fingerprint density at radius 2 is 1.93 bits per heavy atom. The van der Waals surface area contributed by atoms with Gasteiger partial charge in [-0.25, -0.2) is 0 Å². The third kappa shape index (κ3) is 4.10. The van der Waals surface area contributed by atoms with Crippen LogP contribution >= 0.6 is 0 Å². The number of rotatable bonds is 5. The monoisotopic (exact) mass is 370 g/mol. The number of amides is 2. The predicted molar refractivity (Wildman–Crippen MR) is 107 cm³/mol. The number of benzene rings is 1. The van der Waals surface area contributed by atoms with Crippen LogP contribution in [0.25, 0.3) is 0 Å². The van der Waals surface area contributed by atoms with Gasteiger partial charge in [-0.05, 0) is 76.4 Å². The number of nitrogens with zero attached hydrogens (tertiary/aromatic N) is 2. The van der Waals surface area contributed by atoms with Gasteiger partial charge >= 0.3 is 0 Å². The average molecular weight is 370 g/mol. The first kappa shape index (κ1) is 18.3. The van der Waals surface area contributed by atoms with E-state index in [9.17, 15) is 9.59 Å². The molecule has 1 aromatic rings. The largest absolute Gasteiger partial charge is 0.358 e. The summed E-state index contributed by atoms with van der Waals surface area (Å²) in [5.74, 6) is -0.00671. The third-order valence-corrected chi connectivity index (χ3v) is 6.02.